The van der Waals surface area contributed by atoms with Crippen LogP contribution in [0.1, 0.15) is 50.6 Å². The number of carbonyl (C=O) groups is 1. The molecule has 1 saturated carbocycles. The van der Waals surface area contributed by atoms with Gasteiger partial charge in [0.25, 0.3) is 0 Å². The van der Waals surface area contributed by atoms with Crippen molar-refractivity contribution in [3.8, 4) is 0 Å². The molecule has 110 valence electrons. The van der Waals surface area contributed by atoms with Crippen molar-refractivity contribution < 1.29 is 4.79 Å². The van der Waals surface area contributed by atoms with Gasteiger partial charge in [0.2, 0.25) is 5.91 Å². The molecule has 0 bridgehead atoms. The van der Waals surface area contributed by atoms with E-state index in [0.29, 0.717) is 18.0 Å². The van der Waals surface area contributed by atoms with Crippen LogP contribution in [0.5, 0.6) is 0 Å². The quantitative estimate of drug-likeness (QED) is 0.844. The summed E-state index contributed by atoms with van der Waals surface area (Å²) in [6, 6.07) is 7.70. The molecule has 1 amide bonds. The van der Waals surface area contributed by atoms with Gasteiger partial charge in [-0.1, -0.05) is 37.1 Å². The lowest BCUT2D eigenvalue weighted by Crippen LogP contribution is -2.42. The maximum Gasteiger partial charge on any atom is 0.221 e. The van der Waals surface area contributed by atoms with Crippen LogP contribution in [0.15, 0.2) is 24.3 Å². The highest BCUT2D eigenvalue weighted by molar-refractivity contribution is 6.30. The first-order valence-corrected chi connectivity index (χ1v) is 7.71. The highest BCUT2D eigenvalue weighted by atomic mass is 35.5. The first kappa shape index (κ1) is 15.3. The molecule has 0 aromatic heterocycles. The van der Waals surface area contributed by atoms with E-state index in [1.165, 1.54) is 6.42 Å². The van der Waals surface area contributed by atoms with Crippen molar-refractivity contribution in [3.05, 3.63) is 34.9 Å². The Morgan fingerprint density at radius 2 is 2.25 bits per heavy atom. The molecule has 1 aliphatic carbocycles. The second-order valence-corrected chi connectivity index (χ2v) is 6.25. The Hall–Kier alpha value is -1.06. The van der Waals surface area contributed by atoms with Gasteiger partial charge in [0.15, 0.2) is 0 Å². The van der Waals surface area contributed by atoms with Gasteiger partial charge in [-0.2, -0.15) is 0 Å². The summed E-state index contributed by atoms with van der Waals surface area (Å²) in [5, 5.41) is 3.82. The minimum atomic E-state index is 0.0242. The zero-order valence-electron chi connectivity index (χ0n) is 12.0. The van der Waals surface area contributed by atoms with Crippen LogP contribution in [0.4, 0.5) is 0 Å². The molecule has 2 rings (SSSR count). The van der Waals surface area contributed by atoms with E-state index in [1.54, 1.807) is 0 Å². The molecule has 0 saturated heterocycles. The lowest BCUT2D eigenvalue weighted by Gasteiger charge is -2.40. The Balaban J connectivity index is 1.97. The molecule has 0 radical (unpaired) electrons. The van der Waals surface area contributed by atoms with Crippen molar-refractivity contribution in [2.24, 2.45) is 11.1 Å². The van der Waals surface area contributed by atoms with Crippen molar-refractivity contribution in [2.75, 3.05) is 6.54 Å². The molecule has 0 heterocycles. The van der Waals surface area contributed by atoms with Gasteiger partial charge in [-0.25, -0.2) is 0 Å². The first-order valence-electron chi connectivity index (χ1n) is 7.33. The molecule has 3 nitrogen and oxygen atoms in total. The average molecular weight is 295 g/mol. The summed E-state index contributed by atoms with van der Waals surface area (Å²) >= 11 is 6.01. The summed E-state index contributed by atoms with van der Waals surface area (Å²) in [5.41, 5.74) is 6.93. The van der Waals surface area contributed by atoms with Crippen LogP contribution >= 0.6 is 11.6 Å². The van der Waals surface area contributed by atoms with Crippen molar-refractivity contribution in [1.82, 2.24) is 5.32 Å². The highest BCUT2D eigenvalue weighted by Crippen LogP contribution is 2.43. The third kappa shape index (κ3) is 3.53. The van der Waals surface area contributed by atoms with Crippen molar-refractivity contribution in [2.45, 2.75) is 45.1 Å². The number of hydrogen-bond acceptors (Lipinski definition) is 2. The van der Waals surface area contributed by atoms with Crippen LogP contribution < -0.4 is 11.1 Å². The van der Waals surface area contributed by atoms with E-state index < -0.39 is 0 Å². The van der Waals surface area contributed by atoms with Gasteiger partial charge < -0.3 is 11.1 Å². The van der Waals surface area contributed by atoms with E-state index in [4.69, 9.17) is 17.3 Å². The van der Waals surface area contributed by atoms with E-state index >= 15 is 0 Å². The second-order valence-electron chi connectivity index (χ2n) is 5.82. The highest BCUT2D eigenvalue weighted by Gasteiger charge is 2.37. The molecule has 1 aromatic rings. The maximum absolute atomic E-state index is 12.2. The maximum atomic E-state index is 12.2. The Kier molecular flexibility index (Phi) is 5.06. The lowest BCUT2D eigenvalue weighted by molar-refractivity contribution is -0.125. The predicted octanol–water partition coefficient (Wildman–Crippen LogP) is 3.43. The lowest BCUT2D eigenvalue weighted by atomic mass is 9.66. The Labute approximate surface area is 125 Å². The van der Waals surface area contributed by atoms with Gasteiger partial charge in [-0.15, -0.1) is 0 Å². The van der Waals surface area contributed by atoms with Crippen molar-refractivity contribution in [1.29, 1.82) is 0 Å². The summed E-state index contributed by atoms with van der Waals surface area (Å²) in [7, 11) is 0. The van der Waals surface area contributed by atoms with Crippen molar-refractivity contribution >= 4 is 17.5 Å². The van der Waals surface area contributed by atoms with Gasteiger partial charge in [-0.05, 0) is 48.9 Å². The van der Waals surface area contributed by atoms with Gasteiger partial charge in [0.05, 0.1) is 6.04 Å². The summed E-state index contributed by atoms with van der Waals surface area (Å²) in [5.74, 6) is 0.0991. The molecule has 1 fully saturated rings. The van der Waals surface area contributed by atoms with Crippen LogP contribution in [0.3, 0.4) is 0 Å². The van der Waals surface area contributed by atoms with Gasteiger partial charge in [0, 0.05) is 11.4 Å². The summed E-state index contributed by atoms with van der Waals surface area (Å²) in [4.78, 5) is 12.2. The second kappa shape index (κ2) is 6.59. The molecule has 4 heteroatoms. The minimum absolute atomic E-state index is 0.0242. The number of benzene rings is 1. The zero-order chi connectivity index (χ0) is 14.6. The Morgan fingerprint density at radius 3 is 2.75 bits per heavy atom. The van der Waals surface area contributed by atoms with Gasteiger partial charge in [0.1, 0.15) is 0 Å². The average Bonchev–Trinajstić information content (AvgIpc) is 2.40. The largest absolute Gasteiger partial charge is 0.349 e. The third-order valence-corrected chi connectivity index (χ3v) is 4.61. The van der Waals surface area contributed by atoms with E-state index in [-0.39, 0.29) is 17.4 Å². The fourth-order valence-corrected chi connectivity index (χ4v) is 3.06. The number of rotatable bonds is 6. The fraction of sp³-hybridized carbons (Fsp3) is 0.562. The van der Waals surface area contributed by atoms with E-state index in [0.717, 1.165) is 24.8 Å². The molecular weight excluding hydrogens is 272 g/mol. The summed E-state index contributed by atoms with van der Waals surface area (Å²) in [6.45, 7) is 2.67. The Morgan fingerprint density at radius 1 is 1.50 bits per heavy atom. The monoisotopic (exact) mass is 294 g/mol. The zero-order valence-corrected chi connectivity index (χ0v) is 12.7. The summed E-state index contributed by atoms with van der Waals surface area (Å²) in [6.07, 6.45) is 4.73. The molecule has 0 aliphatic heterocycles. The number of carbonyl (C=O) groups excluding carboxylic acids is 1. The van der Waals surface area contributed by atoms with Crippen molar-refractivity contribution in [3.63, 3.8) is 0 Å². The third-order valence-electron chi connectivity index (χ3n) is 4.38. The standard InChI is InChI=1S/C16H23ClN2O/c1-2-14(12-5-3-6-13(17)9-12)19-15(20)10-16(11-18)7-4-8-16/h3,5-6,9,14H,2,4,7-8,10-11,18H2,1H3,(H,19,20). The summed E-state index contributed by atoms with van der Waals surface area (Å²) < 4.78 is 0. The predicted molar refractivity (Wildman–Crippen MR) is 82.6 cm³/mol. The first-order chi connectivity index (χ1) is 9.58. The molecule has 1 aliphatic rings. The molecule has 0 spiro atoms. The molecule has 1 atom stereocenters. The van der Waals surface area contributed by atoms with Crippen LogP contribution in [0, 0.1) is 5.41 Å². The number of nitrogens with two attached hydrogens (primary N) is 1. The molecule has 1 aromatic carbocycles. The number of nitrogens with one attached hydrogen (secondary N) is 1. The van der Waals surface area contributed by atoms with Gasteiger partial charge in [-0.3, -0.25) is 4.79 Å². The number of amides is 1. The van der Waals surface area contributed by atoms with Crippen LogP contribution in [-0.4, -0.2) is 12.5 Å². The smallest absolute Gasteiger partial charge is 0.221 e. The molecule has 20 heavy (non-hydrogen) atoms. The fourth-order valence-electron chi connectivity index (χ4n) is 2.86. The van der Waals surface area contributed by atoms with Crippen LogP contribution in [-0.2, 0) is 4.79 Å². The number of hydrogen-bond donors (Lipinski definition) is 2. The van der Waals surface area contributed by atoms with E-state index in [1.807, 2.05) is 24.3 Å². The normalized spacial score (nSPS) is 18.1. The van der Waals surface area contributed by atoms with Crippen LogP contribution in [0.2, 0.25) is 5.02 Å². The van der Waals surface area contributed by atoms with Crippen LogP contribution in [0.25, 0.3) is 0 Å². The SMILES string of the molecule is CCC(NC(=O)CC1(CN)CCC1)c1cccc(Cl)c1. The number of halogens is 1. The topological polar surface area (TPSA) is 55.1 Å². The van der Waals surface area contributed by atoms with E-state index in [2.05, 4.69) is 12.2 Å². The van der Waals surface area contributed by atoms with E-state index in [9.17, 15) is 4.79 Å². The molecule has 1 unspecified atom stereocenters. The Bertz CT molecular complexity index is 466. The molecular formula is C16H23ClN2O. The molecule has 3 N–H and O–H groups in total. The van der Waals surface area contributed by atoms with Gasteiger partial charge >= 0.3 is 0 Å². The minimum Gasteiger partial charge on any atom is -0.349 e.